The smallest absolute Gasteiger partial charge is 0.325 e. The molecule has 7 nitrogen and oxygen atoms in total. The van der Waals surface area contributed by atoms with Gasteiger partial charge in [-0.3, -0.25) is 14.9 Å². The summed E-state index contributed by atoms with van der Waals surface area (Å²) in [6, 6.07) is -0.379. The summed E-state index contributed by atoms with van der Waals surface area (Å²) in [6.07, 6.45) is 0.886. The maximum Gasteiger partial charge on any atom is 0.325 e. The molecule has 2 unspecified atom stereocenters. The van der Waals surface area contributed by atoms with Crippen LogP contribution in [-0.4, -0.2) is 58.9 Å². The number of rotatable bonds is 3. The molecule has 3 N–H and O–H groups in total. The zero-order chi connectivity index (χ0) is 15.1. The highest BCUT2D eigenvalue weighted by atomic mass is 35.5. The molecule has 2 rings (SSSR count). The van der Waals surface area contributed by atoms with Crippen LogP contribution in [0.4, 0.5) is 4.79 Å². The molecule has 0 aromatic carbocycles. The molecule has 2 saturated heterocycles. The molecular formula is C13H23ClN4O3. The largest absolute Gasteiger partial charge is 0.338 e. The van der Waals surface area contributed by atoms with Gasteiger partial charge in [0.05, 0.1) is 0 Å². The molecule has 0 spiro atoms. The first-order chi connectivity index (χ1) is 9.27. The van der Waals surface area contributed by atoms with Crippen LogP contribution < -0.4 is 11.1 Å². The monoisotopic (exact) mass is 318 g/mol. The minimum atomic E-state index is -0.983. The average molecular weight is 319 g/mol. The van der Waals surface area contributed by atoms with Gasteiger partial charge in [0.25, 0.3) is 5.91 Å². The van der Waals surface area contributed by atoms with Crippen molar-refractivity contribution in [1.82, 2.24) is 15.1 Å². The fourth-order valence-corrected chi connectivity index (χ4v) is 2.85. The van der Waals surface area contributed by atoms with E-state index in [-0.39, 0.29) is 36.8 Å². The number of halogens is 1. The van der Waals surface area contributed by atoms with Crippen molar-refractivity contribution in [3.8, 4) is 0 Å². The maximum absolute atomic E-state index is 12.4. The number of imide groups is 1. The SMILES string of the molecule is CC1CC(CN)CN1C(=O)CN1C(=O)NC(=O)C1(C)C.Cl. The van der Waals surface area contributed by atoms with Crippen molar-refractivity contribution in [2.75, 3.05) is 19.6 Å². The third-order valence-corrected chi connectivity index (χ3v) is 4.30. The molecule has 2 heterocycles. The highest BCUT2D eigenvalue weighted by Crippen LogP contribution is 2.25. The molecule has 8 heteroatoms. The summed E-state index contributed by atoms with van der Waals surface area (Å²) in [5.74, 6) is -0.188. The molecule has 4 amide bonds. The highest BCUT2D eigenvalue weighted by molar-refractivity contribution is 6.07. The third-order valence-electron chi connectivity index (χ3n) is 4.30. The molecule has 2 atom stereocenters. The van der Waals surface area contributed by atoms with Crippen LogP contribution in [0, 0.1) is 5.92 Å². The zero-order valence-electron chi connectivity index (χ0n) is 12.6. The van der Waals surface area contributed by atoms with Crippen LogP contribution in [0.5, 0.6) is 0 Å². The number of carbonyl (C=O) groups excluding carboxylic acids is 3. The fraction of sp³-hybridized carbons (Fsp3) is 0.769. The lowest BCUT2D eigenvalue weighted by molar-refractivity contribution is -0.134. The molecule has 0 bridgehead atoms. The Morgan fingerprint density at radius 2 is 2.05 bits per heavy atom. The second-order valence-electron chi connectivity index (χ2n) is 6.14. The molecule has 2 aliphatic rings. The van der Waals surface area contributed by atoms with Crippen molar-refractivity contribution in [1.29, 1.82) is 0 Å². The molecule has 0 saturated carbocycles. The first-order valence-corrected chi connectivity index (χ1v) is 6.90. The second kappa shape index (κ2) is 6.19. The van der Waals surface area contributed by atoms with Gasteiger partial charge in [-0.15, -0.1) is 12.4 Å². The van der Waals surface area contributed by atoms with Gasteiger partial charge in [0.2, 0.25) is 5.91 Å². The Morgan fingerprint density at radius 1 is 1.43 bits per heavy atom. The van der Waals surface area contributed by atoms with Crippen molar-refractivity contribution in [2.24, 2.45) is 11.7 Å². The molecule has 2 fully saturated rings. The predicted octanol–water partition coefficient (Wildman–Crippen LogP) is -0.0657. The number of nitrogens with zero attached hydrogens (tertiary/aromatic N) is 2. The molecular weight excluding hydrogens is 296 g/mol. The highest BCUT2D eigenvalue weighted by Gasteiger charge is 2.47. The minimum absolute atomic E-state index is 0. The summed E-state index contributed by atoms with van der Waals surface area (Å²) in [6.45, 7) is 6.36. The lowest BCUT2D eigenvalue weighted by Crippen LogP contribution is -2.50. The Labute approximate surface area is 130 Å². The number of nitrogens with one attached hydrogen (secondary N) is 1. The molecule has 0 aromatic heterocycles. The van der Waals surface area contributed by atoms with Crippen molar-refractivity contribution in [3.05, 3.63) is 0 Å². The van der Waals surface area contributed by atoms with Gasteiger partial charge in [-0.2, -0.15) is 0 Å². The average Bonchev–Trinajstić information content (AvgIpc) is 2.83. The van der Waals surface area contributed by atoms with Crippen molar-refractivity contribution < 1.29 is 14.4 Å². The molecule has 120 valence electrons. The molecule has 0 aliphatic carbocycles. The van der Waals surface area contributed by atoms with Crippen molar-refractivity contribution in [2.45, 2.75) is 38.8 Å². The first-order valence-electron chi connectivity index (χ1n) is 6.90. The van der Waals surface area contributed by atoms with E-state index in [4.69, 9.17) is 5.73 Å². The number of amides is 4. The number of urea groups is 1. The van der Waals surface area contributed by atoms with Gasteiger partial charge in [-0.1, -0.05) is 0 Å². The molecule has 2 aliphatic heterocycles. The maximum atomic E-state index is 12.4. The summed E-state index contributed by atoms with van der Waals surface area (Å²) in [7, 11) is 0. The zero-order valence-corrected chi connectivity index (χ0v) is 13.4. The summed E-state index contributed by atoms with van der Waals surface area (Å²) in [4.78, 5) is 38.8. The Balaban J connectivity index is 0.00000220. The van der Waals surface area contributed by atoms with Gasteiger partial charge in [0.1, 0.15) is 12.1 Å². The van der Waals surface area contributed by atoms with Crippen molar-refractivity contribution >= 4 is 30.3 Å². The van der Waals surface area contributed by atoms with E-state index in [0.29, 0.717) is 19.0 Å². The summed E-state index contributed by atoms with van der Waals surface area (Å²) >= 11 is 0. The van der Waals surface area contributed by atoms with E-state index in [1.807, 2.05) is 6.92 Å². The standard InChI is InChI=1S/C13H22N4O3.ClH/c1-8-4-9(5-14)6-16(8)10(18)7-17-12(20)15-11(19)13(17,2)3;/h8-9H,4-7,14H2,1-3H3,(H,15,19,20);1H. The van der Waals surface area contributed by atoms with Crippen molar-refractivity contribution in [3.63, 3.8) is 0 Å². The van der Waals surface area contributed by atoms with Gasteiger partial charge < -0.3 is 15.5 Å². The van der Waals surface area contributed by atoms with Crippen LogP contribution >= 0.6 is 12.4 Å². The Kier molecular flexibility index (Phi) is 5.22. The van der Waals surface area contributed by atoms with Gasteiger partial charge in [-0.05, 0) is 39.7 Å². The van der Waals surface area contributed by atoms with Gasteiger partial charge in [-0.25, -0.2) is 4.79 Å². The summed E-state index contributed by atoms with van der Waals surface area (Å²) in [5.41, 5.74) is 4.67. The van der Waals surface area contributed by atoms with E-state index in [1.54, 1.807) is 18.7 Å². The third kappa shape index (κ3) is 3.13. The van der Waals surface area contributed by atoms with E-state index in [1.165, 1.54) is 4.90 Å². The van der Waals surface area contributed by atoms with E-state index >= 15 is 0 Å². The lowest BCUT2D eigenvalue weighted by atomic mass is 10.0. The van der Waals surface area contributed by atoms with Crippen LogP contribution in [0.25, 0.3) is 0 Å². The fourth-order valence-electron chi connectivity index (χ4n) is 2.85. The Hall–Kier alpha value is -1.34. The van der Waals surface area contributed by atoms with Gasteiger partial charge >= 0.3 is 6.03 Å². The number of hydrogen-bond acceptors (Lipinski definition) is 4. The van der Waals surface area contributed by atoms with Gasteiger partial charge in [0.15, 0.2) is 0 Å². The second-order valence-corrected chi connectivity index (χ2v) is 6.14. The Bertz CT molecular complexity index is 455. The number of hydrogen-bond donors (Lipinski definition) is 2. The summed E-state index contributed by atoms with van der Waals surface area (Å²) in [5, 5.41) is 2.24. The van der Waals surface area contributed by atoms with E-state index in [9.17, 15) is 14.4 Å². The van der Waals surface area contributed by atoms with E-state index in [2.05, 4.69) is 5.32 Å². The topological polar surface area (TPSA) is 95.7 Å². The van der Waals surface area contributed by atoms with E-state index in [0.717, 1.165) is 6.42 Å². The predicted molar refractivity (Wildman–Crippen MR) is 79.9 cm³/mol. The molecule has 21 heavy (non-hydrogen) atoms. The van der Waals surface area contributed by atoms with Crippen LogP contribution in [0.1, 0.15) is 27.2 Å². The quantitative estimate of drug-likeness (QED) is 0.712. The number of nitrogens with two attached hydrogens (primary N) is 1. The van der Waals surface area contributed by atoms with Crippen LogP contribution in [-0.2, 0) is 9.59 Å². The molecule has 0 aromatic rings. The number of carbonyl (C=O) groups is 3. The summed E-state index contributed by atoms with van der Waals surface area (Å²) < 4.78 is 0. The van der Waals surface area contributed by atoms with Crippen LogP contribution in [0.3, 0.4) is 0 Å². The minimum Gasteiger partial charge on any atom is -0.338 e. The lowest BCUT2D eigenvalue weighted by Gasteiger charge is -2.30. The Morgan fingerprint density at radius 3 is 2.48 bits per heavy atom. The molecule has 0 radical (unpaired) electrons. The van der Waals surface area contributed by atoms with Gasteiger partial charge in [0, 0.05) is 12.6 Å². The normalized spacial score (nSPS) is 27.6. The first kappa shape index (κ1) is 17.7. The van der Waals surface area contributed by atoms with E-state index < -0.39 is 11.6 Å². The number of likely N-dealkylation sites (tertiary alicyclic amines) is 1. The van der Waals surface area contributed by atoms with Crippen LogP contribution in [0.15, 0.2) is 0 Å². The van der Waals surface area contributed by atoms with Crippen LogP contribution in [0.2, 0.25) is 0 Å².